The normalized spacial score (nSPS) is 16.5. The molecule has 3 aromatic heterocycles. The average Bonchev–Trinajstić information content (AvgIpc) is 3.32. The minimum atomic E-state index is -0.174. The number of pyridine rings is 1. The first kappa shape index (κ1) is 16.5. The minimum Gasteiger partial charge on any atom is -0.451 e. The van der Waals surface area contributed by atoms with Gasteiger partial charge in [0.1, 0.15) is 6.26 Å². The molecular weight excluding hydrogens is 334 g/mol. The first-order valence-electron chi connectivity index (χ1n) is 8.37. The van der Waals surface area contributed by atoms with Crippen LogP contribution in [-0.4, -0.2) is 43.0 Å². The number of rotatable bonds is 5. The Morgan fingerprint density at radius 2 is 2.19 bits per heavy atom. The van der Waals surface area contributed by atoms with Crippen LogP contribution in [0.25, 0.3) is 0 Å². The van der Waals surface area contributed by atoms with Crippen molar-refractivity contribution in [1.29, 1.82) is 0 Å². The SMILES string of the molecule is Cn1cnc2c1CC(COCc1ccncc1)N(C(=O)c1cocn1)C2. The molecule has 8 nitrogen and oxygen atoms in total. The Bertz CT molecular complexity index is 876. The highest BCUT2D eigenvalue weighted by atomic mass is 16.5. The number of carbonyl (C=O) groups is 1. The second-order valence-electron chi connectivity index (χ2n) is 6.28. The third-order valence-corrected chi connectivity index (χ3v) is 4.58. The predicted octanol–water partition coefficient (Wildman–Crippen LogP) is 1.59. The van der Waals surface area contributed by atoms with Gasteiger partial charge in [-0.2, -0.15) is 0 Å². The Balaban J connectivity index is 1.51. The minimum absolute atomic E-state index is 0.0936. The number of oxazole rings is 1. The number of carbonyl (C=O) groups excluding carboxylic acids is 1. The molecule has 0 radical (unpaired) electrons. The van der Waals surface area contributed by atoms with Gasteiger partial charge in [0.15, 0.2) is 12.1 Å². The third-order valence-electron chi connectivity index (χ3n) is 4.58. The molecular formula is C18H19N5O3. The molecule has 1 aliphatic heterocycles. The molecule has 134 valence electrons. The van der Waals surface area contributed by atoms with E-state index in [2.05, 4.69) is 15.0 Å². The van der Waals surface area contributed by atoms with Gasteiger partial charge in [-0.3, -0.25) is 9.78 Å². The van der Waals surface area contributed by atoms with Crippen LogP contribution in [0.5, 0.6) is 0 Å². The van der Waals surface area contributed by atoms with Gasteiger partial charge in [-0.25, -0.2) is 9.97 Å². The number of fused-ring (bicyclic) bond motifs is 1. The van der Waals surface area contributed by atoms with Gasteiger partial charge in [0.2, 0.25) is 0 Å². The quantitative estimate of drug-likeness (QED) is 0.692. The summed E-state index contributed by atoms with van der Waals surface area (Å²) in [5, 5.41) is 0. The van der Waals surface area contributed by atoms with E-state index in [4.69, 9.17) is 9.15 Å². The van der Waals surface area contributed by atoms with Crippen LogP contribution in [0.4, 0.5) is 0 Å². The highest BCUT2D eigenvalue weighted by Gasteiger charge is 2.33. The van der Waals surface area contributed by atoms with Gasteiger partial charge in [0, 0.05) is 31.6 Å². The number of imidazole rings is 1. The maximum absolute atomic E-state index is 12.8. The third kappa shape index (κ3) is 3.23. The van der Waals surface area contributed by atoms with Crippen LogP contribution in [0.3, 0.4) is 0 Å². The summed E-state index contributed by atoms with van der Waals surface area (Å²) in [6, 6.07) is 3.74. The van der Waals surface area contributed by atoms with E-state index in [1.54, 1.807) is 23.6 Å². The van der Waals surface area contributed by atoms with Gasteiger partial charge < -0.3 is 18.6 Å². The molecule has 0 N–H and O–H groups in total. The molecule has 0 spiro atoms. The number of ether oxygens (including phenoxy) is 1. The number of nitrogens with zero attached hydrogens (tertiary/aromatic N) is 5. The van der Waals surface area contributed by atoms with Crippen molar-refractivity contribution in [1.82, 2.24) is 24.4 Å². The van der Waals surface area contributed by atoms with Crippen molar-refractivity contribution >= 4 is 5.91 Å². The lowest BCUT2D eigenvalue weighted by Gasteiger charge is -2.35. The summed E-state index contributed by atoms with van der Waals surface area (Å²) in [7, 11) is 1.97. The van der Waals surface area contributed by atoms with Gasteiger partial charge >= 0.3 is 0 Å². The number of hydrogen-bond donors (Lipinski definition) is 0. The van der Waals surface area contributed by atoms with E-state index in [9.17, 15) is 4.79 Å². The Morgan fingerprint density at radius 1 is 1.35 bits per heavy atom. The van der Waals surface area contributed by atoms with E-state index in [0.29, 0.717) is 31.9 Å². The summed E-state index contributed by atoms with van der Waals surface area (Å²) < 4.78 is 12.9. The van der Waals surface area contributed by atoms with E-state index in [0.717, 1.165) is 17.0 Å². The Hall–Kier alpha value is -3.00. The first-order chi connectivity index (χ1) is 12.7. The fourth-order valence-electron chi connectivity index (χ4n) is 3.17. The molecule has 1 unspecified atom stereocenters. The lowest BCUT2D eigenvalue weighted by molar-refractivity contribution is 0.0311. The molecule has 0 bridgehead atoms. The fraction of sp³-hybridized carbons (Fsp3) is 0.333. The van der Waals surface area contributed by atoms with E-state index in [1.807, 2.05) is 23.7 Å². The average molecular weight is 353 g/mol. The number of aromatic nitrogens is 4. The van der Waals surface area contributed by atoms with E-state index in [1.165, 1.54) is 12.7 Å². The molecule has 0 saturated heterocycles. The Labute approximate surface area is 150 Å². The highest BCUT2D eigenvalue weighted by Crippen LogP contribution is 2.24. The number of amides is 1. The summed E-state index contributed by atoms with van der Waals surface area (Å²) in [6.07, 6.45) is 8.57. The van der Waals surface area contributed by atoms with E-state index < -0.39 is 0 Å². The fourth-order valence-corrected chi connectivity index (χ4v) is 3.17. The standard InChI is InChI=1S/C18H19N5O3/c1-22-11-20-15-7-23(18(24)16-10-26-12-21-16)14(6-17(15)22)9-25-8-13-2-4-19-5-3-13/h2-5,10-12,14H,6-9H2,1H3. The Morgan fingerprint density at radius 3 is 2.96 bits per heavy atom. The van der Waals surface area contributed by atoms with Gasteiger partial charge in [-0.1, -0.05) is 0 Å². The van der Waals surface area contributed by atoms with Crippen molar-refractivity contribution in [3.05, 3.63) is 66.2 Å². The van der Waals surface area contributed by atoms with Crippen molar-refractivity contribution in [2.45, 2.75) is 25.6 Å². The summed E-state index contributed by atoms with van der Waals surface area (Å²) in [5.74, 6) is -0.174. The van der Waals surface area contributed by atoms with Gasteiger partial charge in [-0.05, 0) is 17.7 Å². The zero-order valence-corrected chi connectivity index (χ0v) is 14.4. The van der Waals surface area contributed by atoms with Crippen molar-refractivity contribution in [2.75, 3.05) is 6.61 Å². The summed E-state index contributed by atoms with van der Waals surface area (Å²) >= 11 is 0. The van der Waals surface area contributed by atoms with Crippen LogP contribution in [0, 0.1) is 0 Å². The van der Waals surface area contributed by atoms with Crippen LogP contribution in [-0.2, 0) is 31.4 Å². The molecule has 0 aliphatic carbocycles. The molecule has 26 heavy (non-hydrogen) atoms. The second kappa shape index (κ2) is 7.09. The molecule has 1 atom stereocenters. The van der Waals surface area contributed by atoms with Crippen molar-refractivity contribution in [2.24, 2.45) is 7.05 Å². The molecule has 4 heterocycles. The van der Waals surface area contributed by atoms with Crippen LogP contribution < -0.4 is 0 Å². The lowest BCUT2D eigenvalue weighted by atomic mass is 10.0. The summed E-state index contributed by atoms with van der Waals surface area (Å²) in [4.78, 5) is 27.0. The van der Waals surface area contributed by atoms with Crippen molar-refractivity contribution in [3.8, 4) is 0 Å². The summed E-state index contributed by atoms with van der Waals surface area (Å²) in [5.41, 5.74) is 3.39. The Kier molecular flexibility index (Phi) is 4.49. The molecule has 0 aromatic carbocycles. The van der Waals surface area contributed by atoms with Gasteiger partial charge in [0.25, 0.3) is 5.91 Å². The summed E-state index contributed by atoms with van der Waals surface area (Å²) in [6.45, 7) is 1.34. The number of hydrogen-bond acceptors (Lipinski definition) is 6. The largest absolute Gasteiger partial charge is 0.451 e. The molecule has 0 saturated carbocycles. The van der Waals surface area contributed by atoms with E-state index in [-0.39, 0.29) is 11.9 Å². The maximum atomic E-state index is 12.8. The van der Waals surface area contributed by atoms with Crippen LogP contribution in [0.2, 0.25) is 0 Å². The van der Waals surface area contributed by atoms with Crippen molar-refractivity contribution < 1.29 is 13.9 Å². The van der Waals surface area contributed by atoms with E-state index >= 15 is 0 Å². The smallest absolute Gasteiger partial charge is 0.276 e. The molecule has 3 aromatic rings. The second-order valence-corrected chi connectivity index (χ2v) is 6.28. The van der Waals surface area contributed by atoms with Crippen LogP contribution >= 0.6 is 0 Å². The highest BCUT2D eigenvalue weighted by molar-refractivity contribution is 5.92. The predicted molar refractivity (Wildman–Crippen MR) is 91.0 cm³/mol. The molecule has 8 heteroatoms. The zero-order chi connectivity index (χ0) is 17.9. The molecule has 1 aliphatic rings. The molecule has 1 amide bonds. The monoisotopic (exact) mass is 353 g/mol. The lowest BCUT2D eigenvalue weighted by Crippen LogP contribution is -2.47. The van der Waals surface area contributed by atoms with Crippen molar-refractivity contribution in [3.63, 3.8) is 0 Å². The van der Waals surface area contributed by atoms with Gasteiger partial charge in [-0.15, -0.1) is 0 Å². The van der Waals surface area contributed by atoms with Gasteiger partial charge in [0.05, 0.1) is 37.8 Å². The topological polar surface area (TPSA) is 86.3 Å². The maximum Gasteiger partial charge on any atom is 0.276 e. The van der Waals surface area contributed by atoms with Crippen LogP contribution in [0.15, 0.2) is 47.9 Å². The molecule has 0 fully saturated rings. The number of aryl methyl sites for hydroxylation is 1. The molecule has 4 rings (SSSR count). The zero-order valence-electron chi connectivity index (χ0n) is 14.4. The van der Waals surface area contributed by atoms with Crippen LogP contribution in [0.1, 0.15) is 27.4 Å². The first-order valence-corrected chi connectivity index (χ1v) is 8.37.